The number of hydrogen-bond acceptors (Lipinski definition) is 6. The Morgan fingerprint density at radius 2 is 2.30 bits per heavy atom. The summed E-state index contributed by atoms with van der Waals surface area (Å²) in [4.78, 5) is 9.98. The van der Waals surface area contributed by atoms with E-state index >= 15 is 0 Å². The second-order valence-corrected chi connectivity index (χ2v) is 6.62. The first-order valence-corrected chi connectivity index (χ1v) is 8.11. The van der Waals surface area contributed by atoms with Gasteiger partial charge in [0.2, 0.25) is 0 Å². The van der Waals surface area contributed by atoms with Crippen LogP contribution in [0.1, 0.15) is 25.2 Å². The molecule has 20 heavy (non-hydrogen) atoms. The van der Waals surface area contributed by atoms with Crippen molar-refractivity contribution in [3.05, 3.63) is 29.2 Å². The van der Waals surface area contributed by atoms with E-state index in [0.29, 0.717) is 11.3 Å². The van der Waals surface area contributed by atoms with Gasteiger partial charge in [-0.2, -0.15) is 0 Å². The number of nitrogens with zero attached hydrogens (tertiary/aromatic N) is 3. The van der Waals surface area contributed by atoms with Crippen LogP contribution in [-0.2, 0) is 6.54 Å². The summed E-state index contributed by atoms with van der Waals surface area (Å²) < 4.78 is 7.53. The molecule has 3 heterocycles. The van der Waals surface area contributed by atoms with Gasteiger partial charge in [-0.1, -0.05) is 13.8 Å². The third-order valence-electron chi connectivity index (χ3n) is 2.78. The molecule has 0 saturated heterocycles. The van der Waals surface area contributed by atoms with Gasteiger partial charge in [0, 0.05) is 24.2 Å². The van der Waals surface area contributed by atoms with Gasteiger partial charge in [0.25, 0.3) is 5.22 Å². The lowest BCUT2D eigenvalue weighted by atomic mass is 10.3. The first kappa shape index (κ1) is 13.7. The Labute approximate surface area is 125 Å². The number of aryl methyl sites for hydroxylation is 1. The van der Waals surface area contributed by atoms with E-state index in [0.717, 1.165) is 27.9 Å². The topological polar surface area (TPSA) is 55.4 Å². The summed E-state index contributed by atoms with van der Waals surface area (Å²) >= 11 is 3.11. The van der Waals surface area contributed by atoms with E-state index in [4.69, 9.17) is 4.42 Å². The average Bonchev–Trinajstić information content (AvgIpc) is 3.04. The summed E-state index contributed by atoms with van der Waals surface area (Å²) in [5.41, 5.74) is 2.03. The highest BCUT2D eigenvalue weighted by atomic mass is 32.2. The van der Waals surface area contributed by atoms with Crippen molar-refractivity contribution >= 4 is 28.1 Å². The molecule has 0 aliphatic rings. The van der Waals surface area contributed by atoms with Gasteiger partial charge in [-0.15, -0.1) is 11.3 Å². The van der Waals surface area contributed by atoms with Gasteiger partial charge in [0.05, 0.1) is 11.4 Å². The van der Waals surface area contributed by atoms with Crippen molar-refractivity contribution in [1.29, 1.82) is 0 Å². The lowest BCUT2D eigenvalue weighted by Gasteiger charge is -2.08. The fourth-order valence-corrected chi connectivity index (χ4v) is 3.48. The third-order valence-corrected chi connectivity index (χ3v) is 4.42. The normalized spacial score (nSPS) is 11.8. The maximum absolute atomic E-state index is 5.41. The fourth-order valence-electron chi connectivity index (χ4n) is 1.82. The van der Waals surface area contributed by atoms with E-state index in [9.17, 15) is 0 Å². The van der Waals surface area contributed by atoms with E-state index in [1.54, 1.807) is 17.6 Å². The molecule has 0 fully saturated rings. The van der Waals surface area contributed by atoms with Crippen molar-refractivity contribution in [3.63, 3.8) is 0 Å². The zero-order chi connectivity index (χ0) is 14.1. The van der Waals surface area contributed by atoms with Gasteiger partial charge < -0.3 is 9.73 Å². The van der Waals surface area contributed by atoms with Gasteiger partial charge in [-0.3, -0.25) is 4.40 Å². The molecular formula is C13H16N4OS2. The van der Waals surface area contributed by atoms with Crippen molar-refractivity contribution in [2.45, 2.75) is 43.6 Å². The van der Waals surface area contributed by atoms with Crippen molar-refractivity contribution in [3.8, 4) is 0 Å². The molecule has 0 radical (unpaired) electrons. The molecule has 3 aromatic heterocycles. The minimum absolute atomic E-state index is 0.431. The second kappa shape index (κ2) is 5.59. The zero-order valence-electron chi connectivity index (χ0n) is 11.6. The average molecular weight is 308 g/mol. The molecule has 5 nitrogen and oxygen atoms in total. The summed E-state index contributed by atoms with van der Waals surface area (Å²) in [5.74, 6) is 0. The number of nitrogens with one attached hydrogen (secondary N) is 1. The summed E-state index contributed by atoms with van der Waals surface area (Å²) in [7, 11) is 0. The van der Waals surface area contributed by atoms with Gasteiger partial charge >= 0.3 is 0 Å². The van der Waals surface area contributed by atoms with Crippen LogP contribution in [0.5, 0.6) is 0 Å². The van der Waals surface area contributed by atoms with E-state index < -0.39 is 0 Å². The quantitative estimate of drug-likeness (QED) is 0.783. The predicted molar refractivity (Wildman–Crippen MR) is 80.4 cm³/mol. The largest absolute Gasteiger partial charge is 0.439 e. The van der Waals surface area contributed by atoms with Crippen LogP contribution in [0.15, 0.2) is 32.5 Å². The van der Waals surface area contributed by atoms with Crippen LogP contribution in [0.3, 0.4) is 0 Å². The van der Waals surface area contributed by atoms with Crippen molar-refractivity contribution in [2.24, 2.45) is 0 Å². The minimum atomic E-state index is 0.431. The first-order valence-electron chi connectivity index (χ1n) is 6.41. The fraction of sp³-hybridized carbons (Fsp3) is 0.385. The molecule has 0 spiro atoms. The Morgan fingerprint density at radius 1 is 1.45 bits per heavy atom. The molecule has 0 atom stereocenters. The van der Waals surface area contributed by atoms with E-state index in [1.807, 2.05) is 12.3 Å². The van der Waals surface area contributed by atoms with Crippen molar-refractivity contribution in [1.82, 2.24) is 19.7 Å². The van der Waals surface area contributed by atoms with Crippen LogP contribution >= 0.6 is 23.1 Å². The number of aromatic nitrogens is 3. The monoisotopic (exact) mass is 308 g/mol. The molecule has 0 aliphatic heterocycles. The molecular weight excluding hydrogens is 292 g/mol. The maximum atomic E-state index is 5.41. The Kier molecular flexibility index (Phi) is 3.82. The highest BCUT2D eigenvalue weighted by Gasteiger charge is 2.16. The molecule has 0 bridgehead atoms. The van der Waals surface area contributed by atoms with Gasteiger partial charge in [-0.25, -0.2) is 9.97 Å². The van der Waals surface area contributed by atoms with Crippen LogP contribution in [0.4, 0.5) is 0 Å². The summed E-state index contributed by atoms with van der Waals surface area (Å²) in [6, 6.07) is 0.431. The van der Waals surface area contributed by atoms with Crippen LogP contribution < -0.4 is 5.32 Å². The molecule has 3 rings (SSSR count). The molecule has 7 heteroatoms. The lowest BCUT2D eigenvalue weighted by Crippen LogP contribution is -2.22. The highest BCUT2D eigenvalue weighted by molar-refractivity contribution is 7.99. The molecule has 0 aromatic carbocycles. The van der Waals surface area contributed by atoms with E-state index in [-0.39, 0.29) is 0 Å². The number of thiazole rings is 1. The molecule has 0 unspecified atom stereocenters. The number of fused-ring (bicyclic) bond motifs is 1. The van der Waals surface area contributed by atoms with Crippen LogP contribution in [0.2, 0.25) is 0 Å². The number of rotatable bonds is 5. The predicted octanol–water partition coefficient (Wildman–Crippen LogP) is 3.34. The Bertz CT molecular complexity index is 713. The summed E-state index contributed by atoms with van der Waals surface area (Å²) in [6.45, 7) is 6.96. The summed E-state index contributed by atoms with van der Waals surface area (Å²) in [5, 5.41) is 7.08. The SMILES string of the molecule is Cc1coc(Sc2nc3sccn3c2CNC(C)C)n1. The van der Waals surface area contributed by atoms with Crippen molar-refractivity contribution in [2.75, 3.05) is 0 Å². The third kappa shape index (κ3) is 2.74. The van der Waals surface area contributed by atoms with Gasteiger partial charge in [0.15, 0.2) is 4.96 Å². The number of oxazole rings is 1. The number of imidazole rings is 1. The minimum Gasteiger partial charge on any atom is -0.439 e. The lowest BCUT2D eigenvalue weighted by molar-refractivity contribution is 0.453. The zero-order valence-corrected chi connectivity index (χ0v) is 13.2. The number of hydrogen-bond donors (Lipinski definition) is 1. The van der Waals surface area contributed by atoms with Crippen molar-refractivity contribution < 1.29 is 4.42 Å². The highest BCUT2D eigenvalue weighted by Crippen LogP contribution is 2.31. The smallest absolute Gasteiger partial charge is 0.262 e. The first-order chi connectivity index (χ1) is 9.63. The summed E-state index contributed by atoms with van der Waals surface area (Å²) in [6.07, 6.45) is 3.71. The molecule has 106 valence electrons. The van der Waals surface area contributed by atoms with E-state index in [2.05, 4.69) is 39.7 Å². The second-order valence-electron chi connectivity index (χ2n) is 4.81. The molecule has 3 aromatic rings. The van der Waals surface area contributed by atoms with Crippen LogP contribution in [-0.4, -0.2) is 20.4 Å². The maximum Gasteiger partial charge on any atom is 0.262 e. The molecule has 1 N–H and O–H groups in total. The molecule has 0 aliphatic carbocycles. The van der Waals surface area contributed by atoms with Gasteiger partial charge in [-0.05, 0) is 18.7 Å². The Hall–Kier alpha value is -1.31. The standard InChI is InChI=1S/C13H16N4OS2/c1-8(2)14-6-10-11(16-12-17(10)4-5-19-12)20-13-15-9(3)7-18-13/h4-5,7-8,14H,6H2,1-3H3. The van der Waals surface area contributed by atoms with Gasteiger partial charge in [0.1, 0.15) is 11.3 Å². The molecule has 0 amide bonds. The van der Waals surface area contributed by atoms with Crippen LogP contribution in [0.25, 0.3) is 4.96 Å². The van der Waals surface area contributed by atoms with E-state index in [1.165, 1.54) is 11.8 Å². The molecule has 0 saturated carbocycles. The Balaban J connectivity index is 1.92. The van der Waals surface area contributed by atoms with Crippen LogP contribution in [0, 0.1) is 6.92 Å². The Morgan fingerprint density at radius 3 is 3.00 bits per heavy atom.